The van der Waals surface area contributed by atoms with Crippen molar-refractivity contribution in [1.82, 2.24) is 10.6 Å². The topological polar surface area (TPSA) is 104 Å². The highest BCUT2D eigenvalue weighted by molar-refractivity contribution is 5.90. The number of amides is 2. The van der Waals surface area contributed by atoms with E-state index in [2.05, 4.69) is 10.6 Å². The first-order valence-electron chi connectivity index (χ1n) is 8.57. The highest BCUT2D eigenvalue weighted by Gasteiger charge is 2.26. The summed E-state index contributed by atoms with van der Waals surface area (Å²) >= 11 is 0. The molecule has 0 unspecified atom stereocenters. The van der Waals surface area contributed by atoms with E-state index < -0.39 is 24.1 Å². The van der Waals surface area contributed by atoms with Crippen LogP contribution in [0.4, 0.5) is 0 Å². The van der Waals surface area contributed by atoms with Crippen LogP contribution in [0.25, 0.3) is 0 Å². The van der Waals surface area contributed by atoms with E-state index in [1.165, 1.54) is 6.92 Å². The van der Waals surface area contributed by atoms with Crippen molar-refractivity contribution in [3.8, 4) is 0 Å². The van der Waals surface area contributed by atoms with Gasteiger partial charge in [0.1, 0.15) is 12.1 Å². The van der Waals surface area contributed by atoms with Crippen LogP contribution in [0.3, 0.4) is 0 Å². The van der Waals surface area contributed by atoms with E-state index in [1.54, 1.807) is 0 Å². The SMILES string of the molecule is C[C@H](O)[C@@H](N)C(=O)N[C@@H](Cc1ccccc1)C(=O)NCc1ccccc1. The molecule has 0 spiro atoms. The number of carbonyl (C=O) groups excluding carboxylic acids is 2. The maximum Gasteiger partial charge on any atom is 0.243 e. The van der Waals surface area contributed by atoms with E-state index in [9.17, 15) is 14.7 Å². The summed E-state index contributed by atoms with van der Waals surface area (Å²) in [6, 6.07) is 17.1. The minimum absolute atomic E-state index is 0.302. The van der Waals surface area contributed by atoms with E-state index in [0.717, 1.165) is 11.1 Å². The molecule has 0 heterocycles. The fourth-order valence-corrected chi connectivity index (χ4v) is 2.45. The van der Waals surface area contributed by atoms with Gasteiger partial charge in [-0.1, -0.05) is 60.7 Å². The molecule has 6 heteroatoms. The van der Waals surface area contributed by atoms with Crippen LogP contribution in [0, 0.1) is 0 Å². The molecule has 3 atom stereocenters. The molecule has 2 aromatic rings. The summed E-state index contributed by atoms with van der Waals surface area (Å²) in [5.74, 6) is -0.861. The molecule has 0 aliphatic rings. The lowest BCUT2D eigenvalue weighted by Crippen LogP contribution is -2.55. The van der Waals surface area contributed by atoms with Crippen LogP contribution in [0.2, 0.25) is 0 Å². The largest absolute Gasteiger partial charge is 0.391 e. The van der Waals surface area contributed by atoms with Gasteiger partial charge in [0.15, 0.2) is 0 Å². The number of carbonyl (C=O) groups is 2. The summed E-state index contributed by atoms with van der Waals surface area (Å²) < 4.78 is 0. The maximum absolute atomic E-state index is 12.6. The van der Waals surface area contributed by atoms with Crippen molar-refractivity contribution in [2.24, 2.45) is 5.73 Å². The molecule has 0 aromatic heterocycles. The Kier molecular flexibility index (Phi) is 7.32. The predicted molar refractivity (Wildman–Crippen MR) is 100 cm³/mol. The van der Waals surface area contributed by atoms with E-state index in [0.29, 0.717) is 13.0 Å². The standard InChI is InChI=1S/C20H25N3O3/c1-14(24)18(21)20(26)23-17(12-15-8-4-2-5-9-15)19(25)22-13-16-10-6-3-7-11-16/h2-11,14,17-18,24H,12-13,21H2,1H3,(H,22,25)(H,23,26)/t14-,17-,18+/m0/s1. The average Bonchev–Trinajstić information content (AvgIpc) is 2.66. The van der Waals surface area contributed by atoms with Crippen LogP contribution >= 0.6 is 0 Å². The normalized spacial score (nSPS) is 14.1. The first kappa shape index (κ1) is 19.6. The minimum atomic E-state index is -1.09. The number of hydrogen-bond donors (Lipinski definition) is 4. The van der Waals surface area contributed by atoms with Crippen molar-refractivity contribution in [2.75, 3.05) is 0 Å². The van der Waals surface area contributed by atoms with Crippen molar-refractivity contribution in [3.63, 3.8) is 0 Å². The minimum Gasteiger partial charge on any atom is -0.391 e. The Morgan fingerprint density at radius 3 is 2.04 bits per heavy atom. The van der Waals surface area contributed by atoms with Gasteiger partial charge < -0.3 is 21.5 Å². The van der Waals surface area contributed by atoms with Crippen LogP contribution in [-0.2, 0) is 22.6 Å². The number of aliphatic hydroxyl groups excluding tert-OH is 1. The molecular weight excluding hydrogens is 330 g/mol. The molecule has 0 saturated heterocycles. The quantitative estimate of drug-likeness (QED) is 0.560. The maximum atomic E-state index is 12.6. The zero-order valence-electron chi connectivity index (χ0n) is 14.8. The lowest BCUT2D eigenvalue weighted by Gasteiger charge is -2.22. The number of rotatable bonds is 8. The second kappa shape index (κ2) is 9.70. The Morgan fingerprint density at radius 1 is 0.962 bits per heavy atom. The molecule has 26 heavy (non-hydrogen) atoms. The van der Waals surface area contributed by atoms with Gasteiger partial charge in [-0.3, -0.25) is 9.59 Å². The van der Waals surface area contributed by atoms with Crippen LogP contribution in [0.5, 0.6) is 0 Å². The smallest absolute Gasteiger partial charge is 0.243 e. The fourth-order valence-electron chi connectivity index (χ4n) is 2.45. The fraction of sp³-hybridized carbons (Fsp3) is 0.300. The van der Waals surface area contributed by atoms with Crippen LogP contribution in [-0.4, -0.2) is 35.1 Å². The molecule has 0 bridgehead atoms. The number of aliphatic hydroxyl groups is 1. The second-order valence-electron chi connectivity index (χ2n) is 6.22. The molecule has 0 saturated carbocycles. The molecule has 2 rings (SSSR count). The summed E-state index contributed by atoms with van der Waals surface area (Å²) in [6.45, 7) is 1.80. The first-order valence-corrected chi connectivity index (χ1v) is 8.57. The zero-order valence-corrected chi connectivity index (χ0v) is 14.8. The number of nitrogens with two attached hydrogens (primary N) is 1. The number of nitrogens with one attached hydrogen (secondary N) is 2. The van der Waals surface area contributed by atoms with E-state index in [-0.39, 0.29) is 5.91 Å². The summed E-state index contributed by atoms with van der Waals surface area (Å²) in [6.07, 6.45) is -0.667. The van der Waals surface area contributed by atoms with Gasteiger partial charge in [-0.05, 0) is 18.1 Å². The van der Waals surface area contributed by atoms with Gasteiger partial charge in [0, 0.05) is 13.0 Å². The van der Waals surface area contributed by atoms with Gasteiger partial charge in [0.05, 0.1) is 6.10 Å². The molecule has 2 amide bonds. The van der Waals surface area contributed by atoms with Gasteiger partial charge in [-0.15, -0.1) is 0 Å². The molecule has 6 nitrogen and oxygen atoms in total. The number of hydrogen-bond acceptors (Lipinski definition) is 4. The van der Waals surface area contributed by atoms with Gasteiger partial charge >= 0.3 is 0 Å². The zero-order chi connectivity index (χ0) is 18.9. The Labute approximate surface area is 153 Å². The van der Waals surface area contributed by atoms with Crippen molar-refractivity contribution in [2.45, 2.75) is 38.1 Å². The van der Waals surface area contributed by atoms with E-state index in [1.807, 2.05) is 60.7 Å². The third-order valence-corrected chi connectivity index (χ3v) is 4.05. The van der Waals surface area contributed by atoms with E-state index >= 15 is 0 Å². The second-order valence-corrected chi connectivity index (χ2v) is 6.22. The molecule has 0 radical (unpaired) electrons. The summed E-state index contributed by atoms with van der Waals surface area (Å²) in [5.41, 5.74) is 7.55. The number of benzene rings is 2. The molecule has 0 fully saturated rings. The van der Waals surface area contributed by atoms with E-state index in [4.69, 9.17) is 5.73 Å². The molecule has 0 aliphatic heterocycles. The monoisotopic (exact) mass is 355 g/mol. The molecule has 0 aliphatic carbocycles. The third-order valence-electron chi connectivity index (χ3n) is 4.05. The highest BCUT2D eigenvalue weighted by Crippen LogP contribution is 2.05. The van der Waals surface area contributed by atoms with Crippen LogP contribution in [0.15, 0.2) is 60.7 Å². The molecular formula is C20H25N3O3. The van der Waals surface area contributed by atoms with Crippen molar-refractivity contribution >= 4 is 11.8 Å². The Bertz CT molecular complexity index is 705. The van der Waals surface area contributed by atoms with Crippen molar-refractivity contribution in [1.29, 1.82) is 0 Å². The predicted octanol–water partition coefficient (Wildman–Crippen LogP) is 0.738. The van der Waals surface area contributed by atoms with Crippen molar-refractivity contribution in [3.05, 3.63) is 71.8 Å². The van der Waals surface area contributed by atoms with Gasteiger partial charge in [-0.2, -0.15) is 0 Å². The lowest BCUT2D eigenvalue weighted by atomic mass is 10.0. The molecule has 138 valence electrons. The summed E-state index contributed by atoms with van der Waals surface area (Å²) in [7, 11) is 0. The Balaban J connectivity index is 2.05. The molecule has 5 N–H and O–H groups in total. The average molecular weight is 355 g/mol. The molecule has 2 aromatic carbocycles. The first-order chi connectivity index (χ1) is 12.5. The van der Waals surface area contributed by atoms with Gasteiger partial charge in [0.25, 0.3) is 0 Å². The third kappa shape index (κ3) is 5.98. The van der Waals surface area contributed by atoms with Crippen molar-refractivity contribution < 1.29 is 14.7 Å². The summed E-state index contributed by atoms with van der Waals surface area (Å²) in [5, 5.41) is 15.0. The highest BCUT2D eigenvalue weighted by atomic mass is 16.3. The van der Waals surface area contributed by atoms with Crippen LogP contribution < -0.4 is 16.4 Å². The Hall–Kier alpha value is -2.70. The van der Waals surface area contributed by atoms with Crippen LogP contribution in [0.1, 0.15) is 18.1 Å². The van der Waals surface area contributed by atoms with Gasteiger partial charge in [0.2, 0.25) is 11.8 Å². The Morgan fingerprint density at radius 2 is 1.50 bits per heavy atom. The lowest BCUT2D eigenvalue weighted by molar-refractivity contribution is -0.130. The van der Waals surface area contributed by atoms with Gasteiger partial charge in [-0.25, -0.2) is 0 Å². The summed E-state index contributed by atoms with van der Waals surface area (Å²) in [4.78, 5) is 24.8.